The summed E-state index contributed by atoms with van der Waals surface area (Å²) in [4.78, 5) is 33.6. The molecule has 0 aromatic heterocycles. The van der Waals surface area contributed by atoms with E-state index >= 15 is 0 Å². The van der Waals surface area contributed by atoms with Gasteiger partial charge in [0.2, 0.25) is 5.96 Å². The Hall–Kier alpha value is -3.58. The van der Waals surface area contributed by atoms with Crippen molar-refractivity contribution in [3.05, 3.63) is 41.0 Å². The van der Waals surface area contributed by atoms with Crippen molar-refractivity contribution in [3.63, 3.8) is 0 Å². The van der Waals surface area contributed by atoms with Crippen LogP contribution in [0.3, 0.4) is 0 Å². The van der Waals surface area contributed by atoms with Crippen LogP contribution >= 0.6 is 0 Å². The molecule has 0 unspecified atom stereocenters. The quantitative estimate of drug-likeness (QED) is 0.121. The Morgan fingerprint density at radius 2 is 1.92 bits per heavy atom. The minimum Gasteiger partial charge on any atom is -0.483 e. The third kappa shape index (κ3) is 7.96. The lowest BCUT2D eigenvalue weighted by molar-refractivity contribution is -0.171. The minimum atomic E-state index is -4.07. The highest BCUT2D eigenvalue weighted by Crippen LogP contribution is 2.40. The average Bonchev–Trinajstić information content (AvgIpc) is 2.85. The number of carbonyl (C=O) groups is 2. The summed E-state index contributed by atoms with van der Waals surface area (Å²) in [6.45, 7) is 12.7. The van der Waals surface area contributed by atoms with Gasteiger partial charge in [-0.3, -0.25) is 14.6 Å². The number of ether oxygens (including phenoxy) is 2. The molecule has 0 saturated carbocycles. The Bertz CT molecular complexity index is 1270. The molecule has 4 N–H and O–H groups in total. The highest BCUT2D eigenvalue weighted by Gasteiger charge is 2.31. The van der Waals surface area contributed by atoms with Crippen molar-refractivity contribution < 1.29 is 32.3 Å². The Balaban J connectivity index is 2.14. The van der Waals surface area contributed by atoms with Crippen LogP contribution in [0.4, 0.5) is 4.79 Å². The number of likely N-dealkylation sites (N-methyl/N-ethyl adjacent to an activating group) is 1. The van der Waals surface area contributed by atoms with Crippen LogP contribution in [0.1, 0.15) is 48.9 Å². The first-order chi connectivity index (χ1) is 18.1. The summed E-state index contributed by atoms with van der Waals surface area (Å²) in [5.41, 5.74) is 7.93. The molecule has 1 aromatic rings. The Kier molecular flexibility index (Phi) is 10.5. The lowest BCUT2D eigenvalue weighted by Crippen LogP contribution is -2.47. The second-order valence-electron chi connectivity index (χ2n) is 9.60. The van der Waals surface area contributed by atoms with Crippen LogP contribution in [0.2, 0.25) is 0 Å². The predicted molar refractivity (Wildman–Crippen MR) is 149 cm³/mol. The number of hydrogen-bond donors (Lipinski definition) is 3. The number of carbonyl (C=O) groups excluding carboxylic acids is 2. The summed E-state index contributed by atoms with van der Waals surface area (Å²) in [6, 6.07) is -0.954. The molecule has 216 valence electrons. The number of nitrogens with two attached hydrogens (primary N) is 1. The van der Waals surface area contributed by atoms with Crippen LogP contribution in [-0.2, 0) is 24.4 Å². The first-order valence-electron chi connectivity index (χ1n) is 12.4. The van der Waals surface area contributed by atoms with E-state index in [-0.39, 0.29) is 30.4 Å². The van der Waals surface area contributed by atoms with Crippen LogP contribution in [-0.4, -0.2) is 70.4 Å². The van der Waals surface area contributed by atoms with Crippen LogP contribution in [0.15, 0.2) is 28.6 Å². The summed E-state index contributed by atoms with van der Waals surface area (Å²) < 4.78 is 40.0. The SMILES string of the molecule is C=CCOC(=O)N[C@@H](CCCN=C(N)NS(=O)(=O)c1c(C)c(C)c2c(c1C)C=CC(C)(C)O2)C(=O)N(C)OC. The van der Waals surface area contributed by atoms with Gasteiger partial charge < -0.3 is 20.5 Å². The zero-order chi connectivity index (χ0) is 29.5. The minimum absolute atomic E-state index is 0.0161. The number of nitrogens with zero attached hydrogens (tertiary/aromatic N) is 2. The second kappa shape index (κ2) is 13.0. The molecule has 0 aliphatic carbocycles. The molecule has 0 fully saturated rings. The number of alkyl carbamates (subject to hydrolysis) is 1. The van der Waals surface area contributed by atoms with E-state index in [4.69, 9.17) is 20.0 Å². The average molecular weight is 566 g/mol. The van der Waals surface area contributed by atoms with Crippen LogP contribution in [0.5, 0.6) is 5.75 Å². The molecule has 0 radical (unpaired) electrons. The molecular formula is C26H39N5O7S. The number of guanidine groups is 1. The Morgan fingerprint density at radius 1 is 1.26 bits per heavy atom. The lowest BCUT2D eigenvalue weighted by Gasteiger charge is -2.31. The van der Waals surface area contributed by atoms with Crippen LogP contribution in [0, 0.1) is 20.8 Å². The molecule has 0 bridgehead atoms. The highest BCUT2D eigenvalue weighted by atomic mass is 32.2. The molecule has 1 aliphatic rings. The first-order valence-corrected chi connectivity index (χ1v) is 13.8. The summed E-state index contributed by atoms with van der Waals surface area (Å²) in [5, 5.41) is 3.46. The third-order valence-electron chi connectivity index (χ3n) is 6.20. The van der Waals surface area contributed by atoms with Gasteiger partial charge in [0.25, 0.3) is 15.9 Å². The number of fused-ring (bicyclic) bond motifs is 1. The van der Waals surface area contributed by atoms with E-state index in [1.54, 1.807) is 13.8 Å². The normalized spacial score (nSPS) is 15.0. The number of aliphatic imine (C=N–C) groups is 1. The van der Waals surface area contributed by atoms with Gasteiger partial charge in [-0.25, -0.2) is 23.0 Å². The molecule has 39 heavy (non-hydrogen) atoms. The van der Waals surface area contributed by atoms with Gasteiger partial charge in [0.1, 0.15) is 24.0 Å². The smallest absolute Gasteiger partial charge is 0.408 e. The van der Waals surface area contributed by atoms with Crippen molar-refractivity contribution in [2.45, 2.75) is 64.0 Å². The van der Waals surface area contributed by atoms with Crippen LogP contribution < -0.4 is 20.5 Å². The molecule has 13 heteroatoms. The summed E-state index contributed by atoms with van der Waals surface area (Å²) in [5.74, 6) is -0.142. The number of rotatable bonds is 11. The van der Waals surface area contributed by atoms with Crippen molar-refractivity contribution in [1.29, 1.82) is 0 Å². The molecule has 1 atom stereocenters. The van der Waals surface area contributed by atoms with Crippen molar-refractivity contribution >= 4 is 34.1 Å². The number of hydrogen-bond acceptors (Lipinski definition) is 8. The molecule has 12 nitrogen and oxygen atoms in total. The van der Waals surface area contributed by atoms with Gasteiger partial charge in [-0.05, 0) is 70.2 Å². The van der Waals surface area contributed by atoms with Gasteiger partial charge in [0, 0.05) is 19.2 Å². The summed E-state index contributed by atoms with van der Waals surface area (Å²) >= 11 is 0. The topological polar surface area (TPSA) is 162 Å². The second-order valence-corrected chi connectivity index (χ2v) is 11.2. The molecule has 1 aliphatic heterocycles. The number of sulfonamides is 1. The molecule has 2 rings (SSSR count). The molecule has 0 spiro atoms. The molecular weight excluding hydrogens is 526 g/mol. The number of hydroxylamine groups is 2. The maximum atomic E-state index is 13.3. The van der Waals surface area contributed by atoms with E-state index in [1.165, 1.54) is 20.2 Å². The maximum absolute atomic E-state index is 13.3. The van der Waals surface area contributed by atoms with Crippen LogP contribution in [0.25, 0.3) is 6.08 Å². The lowest BCUT2D eigenvalue weighted by atomic mass is 9.94. The van der Waals surface area contributed by atoms with Crippen molar-refractivity contribution in [3.8, 4) is 5.75 Å². The summed E-state index contributed by atoms with van der Waals surface area (Å²) in [7, 11) is -1.34. The fourth-order valence-electron chi connectivity index (χ4n) is 4.03. The van der Waals surface area contributed by atoms with Crippen molar-refractivity contribution in [2.75, 3.05) is 27.3 Å². The first kappa shape index (κ1) is 31.6. The summed E-state index contributed by atoms with van der Waals surface area (Å²) in [6.07, 6.45) is 4.83. The molecule has 1 heterocycles. The van der Waals surface area contributed by atoms with E-state index < -0.39 is 33.7 Å². The molecule has 1 aromatic carbocycles. The fourth-order valence-corrected chi connectivity index (χ4v) is 5.55. The van der Waals surface area contributed by atoms with E-state index in [0.29, 0.717) is 28.9 Å². The Morgan fingerprint density at radius 3 is 2.54 bits per heavy atom. The standard InChI is InChI=1S/C26H39N5O7S/c1-9-15-37-25(33)29-20(23(32)31(7)36-8)11-10-14-28-24(27)30-39(34,35)22-17(3)16(2)21-19(18(22)4)12-13-26(5,6)38-21/h9,12-13,20H,1,10-11,14-15H2,2-8H3,(H,29,33)(H3,27,28,30)/t20-/m0/s1. The van der Waals surface area contributed by atoms with Gasteiger partial charge in [-0.15, -0.1) is 0 Å². The zero-order valence-corrected chi connectivity index (χ0v) is 24.4. The van der Waals surface area contributed by atoms with E-state index in [2.05, 4.69) is 21.6 Å². The third-order valence-corrected chi connectivity index (χ3v) is 7.82. The van der Waals surface area contributed by atoms with E-state index in [0.717, 1.165) is 10.6 Å². The van der Waals surface area contributed by atoms with Gasteiger partial charge in [0.05, 0.1) is 12.0 Å². The fraction of sp³-hybridized carbons (Fsp3) is 0.500. The van der Waals surface area contributed by atoms with E-state index in [9.17, 15) is 18.0 Å². The predicted octanol–water partition coefficient (Wildman–Crippen LogP) is 2.47. The van der Waals surface area contributed by atoms with Crippen molar-refractivity contribution in [1.82, 2.24) is 15.1 Å². The van der Waals surface area contributed by atoms with Gasteiger partial charge in [-0.2, -0.15) is 0 Å². The van der Waals surface area contributed by atoms with E-state index in [1.807, 2.05) is 32.9 Å². The Labute approximate surface area is 230 Å². The van der Waals surface area contributed by atoms with Gasteiger partial charge >= 0.3 is 6.09 Å². The zero-order valence-electron chi connectivity index (χ0n) is 23.6. The van der Waals surface area contributed by atoms with Gasteiger partial charge in [-0.1, -0.05) is 18.7 Å². The molecule has 2 amide bonds. The number of nitrogens with one attached hydrogen (secondary N) is 2. The maximum Gasteiger partial charge on any atom is 0.408 e. The largest absolute Gasteiger partial charge is 0.483 e. The monoisotopic (exact) mass is 565 g/mol. The van der Waals surface area contributed by atoms with Crippen molar-refractivity contribution in [2.24, 2.45) is 10.7 Å². The highest BCUT2D eigenvalue weighted by molar-refractivity contribution is 7.90. The molecule has 0 saturated heterocycles. The number of amides is 2. The van der Waals surface area contributed by atoms with Gasteiger partial charge in [0.15, 0.2) is 0 Å². The number of benzene rings is 1.